The van der Waals surface area contributed by atoms with E-state index in [1.165, 1.54) is 12.8 Å². The second kappa shape index (κ2) is 11.2. The van der Waals surface area contributed by atoms with Crippen molar-refractivity contribution in [1.82, 2.24) is 4.90 Å². The number of nitrogens with zero attached hydrogens (tertiary/aromatic N) is 1. The number of carbonyl (C=O) groups excluding carboxylic acids is 2. The van der Waals surface area contributed by atoms with Crippen LogP contribution in [0.4, 0.5) is 0 Å². The molecule has 1 heterocycles. The molecular formula is C33H33NO4. The fraction of sp³-hybridized carbons (Fsp3) is 0.273. The molecule has 0 N–H and O–H groups in total. The van der Waals surface area contributed by atoms with Gasteiger partial charge in [-0.1, -0.05) is 53.6 Å². The molecule has 5 heteroatoms. The molecule has 1 fully saturated rings. The van der Waals surface area contributed by atoms with Gasteiger partial charge in [0.1, 0.15) is 11.5 Å². The lowest BCUT2D eigenvalue weighted by atomic mass is 9.97. The van der Waals surface area contributed by atoms with Crippen molar-refractivity contribution in [2.75, 3.05) is 13.1 Å². The number of esters is 2. The molecule has 4 aromatic rings. The third kappa shape index (κ3) is 5.63. The van der Waals surface area contributed by atoms with E-state index < -0.39 is 11.9 Å². The highest BCUT2D eigenvalue weighted by molar-refractivity contribution is 6.01. The molecule has 1 aliphatic heterocycles. The first kappa shape index (κ1) is 25.7. The van der Waals surface area contributed by atoms with E-state index in [-0.39, 0.29) is 0 Å². The molecule has 1 saturated heterocycles. The second-order valence-electron chi connectivity index (χ2n) is 10.2. The minimum Gasteiger partial charge on any atom is -0.422 e. The van der Waals surface area contributed by atoms with Crippen LogP contribution in [0.5, 0.6) is 11.5 Å². The number of benzene rings is 4. The molecule has 4 aromatic carbocycles. The third-order valence-electron chi connectivity index (χ3n) is 7.31. The van der Waals surface area contributed by atoms with Gasteiger partial charge >= 0.3 is 11.9 Å². The van der Waals surface area contributed by atoms with Gasteiger partial charge in [-0.2, -0.15) is 0 Å². The summed E-state index contributed by atoms with van der Waals surface area (Å²) < 4.78 is 11.8. The molecule has 0 bridgehead atoms. The summed E-state index contributed by atoms with van der Waals surface area (Å²) in [5.74, 6) is 0.0611. The smallest absolute Gasteiger partial charge is 0.343 e. The Hall–Kier alpha value is -3.96. The zero-order valence-corrected chi connectivity index (χ0v) is 22.2. The minimum atomic E-state index is -0.425. The van der Waals surface area contributed by atoms with Crippen LogP contribution >= 0.6 is 0 Å². The van der Waals surface area contributed by atoms with Gasteiger partial charge in [0.25, 0.3) is 0 Å². The highest BCUT2D eigenvalue weighted by Gasteiger charge is 2.22. The number of fused-ring (bicyclic) bond motifs is 1. The molecule has 1 unspecified atom stereocenters. The Kier molecular flexibility index (Phi) is 7.57. The summed E-state index contributed by atoms with van der Waals surface area (Å²) in [6, 6.07) is 24.4. The first-order valence-electron chi connectivity index (χ1n) is 13.3. The van der Waals surface area contributed by atoms with Crippen molar-refractivity contribution in [3.05, 3.63) is 107 Å². The molecule has 1 aliphatic rings. The summed E-state index contributed by atoms with van der Waals surface area (Å²) in [4.78, 5) is 28.5. The topological polar surface area (TPSA) is 55.8 Å². The predicted molar refractivity (Wildman–Crippen MR) is 150 cm³/mol. The van der Waals surface area contributed by atoms with Crippen LogP contribution in [0, 0.1) is 13.8 Å². The molecule has 0 aromatic heterocycles. The summed E-state index contributed by atoms with van der Waals surface area (Å²) in [6.07, 6.45) is 3.23. The number of likely N-dealkylation sites (tertiary alicyclic amines) is 1. The highest BCUT2D eigenvalue weighted by atomic mass is 16.5. The molecule has 5 nitrogen and oxygen atoms in total. The molecule has 5 rings (SSSR count). The highest BCUT2D eigenvalue weighted by Crippen LogP contribution is 2.37. The summed E-state index contributed by atoms with van der Waals surface area (Å²) in [7, 11) is 0. The van der Waals surface area contributed by atoms with E-state index in [1.807, 2.05) is 68.4 Å². The number of hydrogen-bond donors (Lipinski definition) is 0. The Labute approximate surface area is 224 Å². The number of rotatable bonds is 7. The fourth-order valence-corrected chi connectivity index (χ4v) is 5.09. The van der Waals surface area contributed by atoms with Crippen molar-refractivity contribution in [3.8, 4) is 11.5 Å². The third-order valence-corrected chi connectivity index (χ3v) is 7.31. The van der Waals surface area contributed by atoms with Crippen molar-refractivity contribution in [1.29, 1.82) is 0 Å². The quantitative estimate of drug-likeness (QED) is 0.201. The van der Waals surface area contributed by atoms with E-state index in [1.54, 1.807) is 24.3 Å². The Morgan fingerprint density at radius 2 is 1.29 bits per heavy atom. The van der Waals surface area contributed by atoms with E-state index in [0.29, 0.717) is 28.7 Å². The standard InChI is InChI=1S/C33H33NO4/c1-22-9-13-25(14-10-22)32(35)37-29-18-17-27(21-24(3)34-19-4-5-20-34)31-28(29)7-6-8-30(31)38-33(36)26-15-11-23(2)12-16-26/h6-18,24H,4-5,19-21H2,1-3H3. The lowest BCUT2D eigenvalue weighted by Gasteiger charge is -2.25. The van der Waals surface area contributed by atoms with Gasteiger partial charge in [0, 0.05) is 16.8 Å². The van der Waals surface area contributed by atoms with Gasteiger partial charge in [-0.25, -0.2) is 9.59 Å². The monoisotopic (exact) mass is 507 g/mol. The molecule has 0 amide bonds. The van der Waals surface area contributed by atoms with Crippen LogP contribution in [-0.4, -0.2) is 36.0 Å². The maximum Gasteiger partial charge on any atom is 0.343 e. The Bertz CT molecular complexity index is 1450. The van der Waals surface area contributed by atoms with Gasteiger partial charge in [0.2, 0.25) is 0 Å². The Balaban J connectivity index is 1.52. The van der Waals surface area contributed by atoms with Crippen LogP contribution in [0.2, 0.25) is 0 Å². The van der Waals surface area contributed by atoms with E-state index in [0.717, 1.165) is 47.0 Å². The lowest BCUT2D eigenvalue weighted by Crippen LogP contribution is -2.31. The summed E-state index contributed by atoms with van der Waals surface area (Å²) >= 11 is 0. The minimum absolute atomic E-state index is 0.336. The van der Waals surface area contributed by atoms with Crippen molar-refractivity contribution in [2.24, 2.45) is 0 Å². The zero-order valence-electron chi connectivity index (χ0n) is 22.2. The first-order chi connectivity index (χ1) is 18.4. The number of carbonyl (C=O) groups is 2. The van der Waals surface area contributed by atoms with Crippen molar-refractivity contribution < 1.29 is 19.1 Å². The van der Waals surface area contributed by atoms with Crippen LogP contribution in [-0.2, 0) is 6.42 Å². The molecule has 194 valence electrons. The molecule has 1 atom stereocenters. The van der Waals surface area contributed by atoms with Gasteiger partial charge in [0.05, 0.1) is 11.1 Å². The van der Waals surface area contributed by atoms with Crippen molar-refractivity contribution in [3.63, 3.8) is 0 Å². The Morgan fingerprint density at radius 1 is 0.737 bits per heavy atom. The SMILES string of the molecule is Cc1ccc(C(=O)Oc2ccc(CC(C)N3CCCC3)c3c(OC(=O)c4ccc(C)cc4)cccc23)cc1. The maximum atomic E-state index is 13.1. The molecule has 0 radical (unpaired) electrons. The number of aryl methyl sites for hydroxylation is 2. The molecule has 0 spiro atoms. The van der Waals surface area contributed by atoms with Crippen molar-refractivity contribution >= 4 is 22.7 Å². The van der Waals surface area contributed by atoms with Crippen LogP contribution in [0.25, 0.3) is 10.8 Å². The largest absolute Gasteiger partial charge is 0.422 e. The van der Waals surface area contributed by atoms with E-state index in [4.69, 9.17) is 9.47 Å². The molecule has 38 heavy (non-hydrogen) atoms. The van der Waals surface area contributed by atoms with Gasteiger partial charge < -0.3 is 14.4 Å². The van der Waals surface area contributed by atoms with E-state index >= 15 is 0 Å². The molecular weight excluding hydrogens is 474 g/mol. The van der Waals surface area contributed by atoms with Crippen LogP contribution < -0.4 is 9.47 Å². The predicted octanol–water partition coefficient (Wildman–Crippen LogP) is 6.92. The molecule has 0 saturated carbocycles. The summed E-state index contributed by atoms with van der Waals surface area (Å²) in [5, 5.41) is 1.54. The van der Waals surface area contributed by atoms with Crippen LogP contribution in [0.3, 0.4) is 0 Å². The number of hydrogen-bond acceptors (Lipinski definition) is 5. The van der Waals surface area contributed by atoms with Gasteiger partial charge in [-0.3, -0.25) is 0 Å². The maximum absolute atomic E-state index is 13.1. The van der Waals surface area contributed by atoms with Crippen LogP contribution in [0.15, 0.2) is 78.9 Å². The average Bonchev–Trinajstić information content (AvgIpc) is 3.46. The van der Waals surface area contributed by atoms with E-state index in [9.17, 15) is 9.59 Å². The van der Waals surface area contributed by atoms with E-state index in [2.05, 4.69) is 11.8 Å². The first-order valence-corrected chi connectivity index (χ1v) is 13.3. The zero-order chi connectivity index (χ0) is 26.6. The molecule has 0 aliphatic carbocycles. The van der Waals surface area contributed by atoms with Gasteiger partial charge in [-0.05, 0) is 95.1 Å². The average molecular weight is 508 g/mol. The second-order valence-corrected chi connectivity index (χ2v) is 10.2. The normalized spacial score (nSPS) is 14.4. The summed E-state index contributed by atoms with van der Waals surface area (Å²) in [6.45, 7) is 8.39. The van der Waals surface area contributed by atoms with Gasteiger partial charge in [-0.15, -0.1) is 0 Å². The Morgan fingerprint density at radius 3 is 1.87 bits per heavy atom. The number of ether oxygens (including phenoxy) is 2. The van der Waals surface area contributed by atoms with Gasteiger partial charge in [0.15, 0.2) is 0 Å². The fourth-order valence-electron chi connectivity index (χ4n) is 5.09. The van der Waals surface area contributed by atoms with Crippen LogP contribution in [0.1, 0.15) is 57.2 Å². The summed E-state index contributed by atoms with van der Waals surface area (Å²) in [5.41, 5.74) is 4.18. The van der Waals surface area contributed by atoms with Crippen molar-refractivity contribution in [2.45, 2.75) is 46.1 Å². The lowest BCUT2D eigenvalue weighted by molar-refractivity contribution is 0.0725.